The Kier molecular flexibility index (Phi) is 6.08. The number of nitrogens with two attached hydrogens (primary N) is 1. The lowest BCUT2D eigenvalue weighted by Crippen LogP contribution is -2.28. The number of aromatic nitrogens is 1. The first-order valence-electron chi connectivity index (χ1n) is 7.34. The molecule has 6 nitrogen and oxygen atoms in total. The van der Waals surface area contributed by atoms with Crippen LogP contribution in [0.5, 0.6) is 11.6 Å². The topological polar surface area (TPSA) is 86.5 Å². The van der Waals surface area contributed by atoms with Gasteiger partial charge < -0.3 is 20.5 Å². The van der Waals surface area contributed by atoms with Crippen molar-refractivity contribution in [3.8, 4) is 11.6 Å². The van der Waals surface area contributed by atoms with Crippen LogP contribution in [-0.2, 0) is 9.53 Å². The van der Waals surface area contributed by atoms with E-state index in [0.29, 0.717) is 23.9 Å². The van der Waals surface area contributed by atoms with E-state index in [1.807, 2.05) is 31.2 Å². The Morgan fingerprint density at radius 3 is 2.57 bits per heavy atom. The maximum absolute atomic E-state index is 11.8. The lowest BCUT2D eigenvalue weighted by Gasteiger charge is -2.12. The van der Waals surface area contributed by atoms with E-state index in [9.17, 15) is 4.79 Å². The average molecular weight is 315 g/mol. The van der Waals surface area contributed by atoms with Crippen molar-refractivity contribution in [1.82, 2.24) is 4.98 Å². The number of ether oxygens (including phenoxy) is 2. The van der Waals surface area contributed by atoms with Gasteiger partial charge in [0.05, 0.1) is 24.4 Å². The zero-order chi connectivity index (χ0) is 16.7. The minimum Gasteiger partial charge on any atom is -0.439 e. The lowest BCUT2D eigenvalue weighted by molar-refractivity contribution is -0.118. The molecule has 23 heavy (non-hydrogen) atoms. The molecular weight excluding hydrogens is 294 g/mol. The maximum Gasteiger partial charge on any atom is 0.227 e. The summed E-state index contributed by atoms with van der Waals surface area (Å²) in [6.45, 7) is 2.31. The van der Waals surface area contributed by atoms with Crippen molar-refractivity contribution in [2.75, 3.05) is 19.0 Å². The van der Waals surface area contributed by atoms with Crippen LogP contribution in [0.1, 0.15) is 12.0 Å². The zero-order valence-corrected chi connectivity index (χ0v) is 13.3. The summed E-state index contributed by atoms with van der Waals surface area (Å²) in [5.74, 6) is 1.01. The summed E-state index contributed by atoms with van der Waals surface area (Å²) in [6.07, 6.45) is 1.47. The number of nitrogens with zero attached hydrogens (tertiary/aromatic N) is 1. The van der Waals surface area contributed by atoms with Crippen molar-refractivity contribution in [2.45, 2.75) is 19.4 Å². The molecule has 1 atom stereocenters. The molecule has 122 valence electrons. The van der Waals surface area contributed by atoms with Crippen molar-refractivity contribution in [3.05, 3.63) is 48.2 Å². The van der Waals surface area contributed by atoms with Crippen molar-refractivity contribution in [2.24, 2.45) is 5.73 Å². The van der Waals surface area contributed by atoms with Crippen LogP contribution < -0.4 is 15.8 Å². The molecule has 6 heteroatoms. The summed E-state index contributed by atoms with van der Waals surface area (Å²) < 4.78 is 10.7. The van der Waals surface area contributed by atoms with Crippen molar-refractivity contribution in [3.63, 3.8) is 0 Å². The molecule has 0 fully saturated rings. The predicted octanol–water partition coefficient (Wildman–Crippen LogP) is 2.48. The summed E-state index contributed by atoms with van der Waals surface area (Å²) in [5.41, 5.74) is 7.25. The van der Waals surface area contributed by atoms with Gasteiger partial charge >= 0.3 is 0 Å². The van der Waals surface area contributed by atoms with Crippen LogP contribution >= 0.6 is 0 Å². The molecule has 0 aliphatic heterocycles. The van der Waals surface area contributed by atoms with Gasteiger partial charge in [-0.2, -0.15) is 0 Å². The Hall–Kier alpha value is -2.44. The van der Waals surface area contributed by atoms with E-state index in [4.69, 9.17) is 15.2 Å². The number of aryl methyl sites for hydroxylation is 1. The van der Waals surface area contributed by atoms with Crippen LogP contribution in [0.2, 0.25) is 0 Å². The number of methoxy groups -OCH3 is 1. The van der Waals surface area contributed by atoms with Gasteiger partial charge in [0.15, 0.2) is 0 Å². The van der Waals surface area contributed by atoms with Gasteiger partial charge in [-0.1, -0.05) is 17.7 Å². The van der Waals surface area contributed by atoms with E-state index < -0.39 is 0 Å². The minimum atomic E-state index is -0.285. The van der Waals surface area contributed by atoms with Crippen LogP contribution in [0, 0.1) is 6.92 Å². The first-order valence-corrected chi connectivity index (χ1v) is 7.34. The second kappa shape index (κ2) is 8.26. The third-order valence-corrected chi connectivity index (χ3v) is 3.27. The first kappa shape index (κ1) is 16.9. The van der Waals surface area contributed by atoms with Gasteiger partial charge in [-0.25, -0.2) is 4.98 Å². The van der Waals surface area contributed by atoms with Gasteiger partial charge in [-0.05, 0) is 25.1 Å². The number of benzene rings is 1. The zero-order valence-electron chi connectivity index (χ0n) is 13.3. The van der Waals surface area contributed by atoms with Gasteiger partial charge in [0.1, 0.15) is 5.75 Å². The summed E-state index contributed by atoms with van der Waals surface area (Å²) in [6, 6.07) is 11.1. The molecule has 2 rings (SSSR count). The molecule has 0 spiro atoms. The molecule has 1 aromatic heterocycles. The number of rotatable bonds is 7. The molecule has 1 aromatic carbocycles. The Bertz CT molecular complexity index is 623. The fourth-order valence-electron chi connectivity index (χ4n) is 1.92. The number of anilines is 1. The van der Waals surface area contributed by atoms with Gasteiger partial charge in [-0.3, -0.25) is 4.79 Å². The van der Waals surface area contributed by atoms with E-state index in [1.54, 1.807) is 18.3 Å². The summed E-state index contributed by atoms with van der Waals surface area (Å²) in [7, 11) is 1.53. The van der Waals surface area contributed by atoms with Crippen molar-refractivity contribution in [1.29, 1.82) is 0 Å². The number of amides is 1. The monoisotopic (exact) mass is 315 g/mol. The smallest absolute Gasteiger partial charge is 0.227 e. The quantitative estimate of drug-likeness (QED) is 0.819. The molecule has 3 N–H and O–H groups in total. The second-order valence-corrected chi connectivity index (χ2v) is 5.15. The largest absolute Gasteiger partial charge is 0.439 e. The van der Waals surface area contributed by atoms with Crippen molar-refractivity contribution >= 4 is 11.6 Å². The van der Waals surface area contributed by atoms with E-state index in [0.717, 1.165) is 5.56 Å². The van der Waals surface area contributed by atoms with E-state index in [-0.39, 0.29) is 18.4 Å². The number of carbonyl (C=O) groups is 1. The van der Waals surface area contributed by atoms with Crippen molar-refractivity contribution < 1.29 is 14.3 Å². The van der Waals surface area contributed by atoms with E-state index in [1.165, 1.54) is 7.11 Å². The molecule has 0 saturated heterocycles. The Morgan fingerprint density at radius 1 is 1.26 bits per heavy atom. The molecule has 0 aliphatic carbocycles. The first-order chi connectivity index (χ1) is 11.1. The highest BCUT2D eigenvalue weighted by Gasteiger charge is 2.11. The fourth-order valence-corrected chi connectivity index (χ4v) is 1.92. The number of carbonyl (C=O) groups excluding carboxylic acids is 1. The normalized spacial score (nSPS) is 11.8. The van der Waals surface area contributed by atoms with Crippen LogP contribution in [0.15, 0.2) is 42.6 Å². The third kappa shape index (κ3) is 5.36. The second-order valence-electron chi connectivity index (χ2n) is 5.15. The van der Waals surface area contributed by atoms with Crippen LogP contribution in [0.25, 0.3) is 0 Å². The molecule has 1 heterocycles. The fraction of sp³-hybridized carbons (Fsp3) is 0.294. The van der Waals surface area contributed by atoms with Crippen LogP contribution in [0.3, 0.4) is 0 Å². The highest BCUT2D eigenvalue weighted by atomic mass is 16.5. The minimum absolute atomic E-state index is 0.170. The van der Waals surface area contributed by atoms with Gasteiger partial charge in [-0.15, -0.1) is 0 Å². The van der Waals surface area contributed by atoms with Gasteiger partial charge in [0.2, 0.25) is 11.8 Å². The number of hydrogen-bond acceptors (Lipinski definition) is 5. The molecule has 0 bridgehead atoms. The lowest BCUT2D eigenvalue weighted by atomic mass is 10.2. The molecule has 2 aromatic rings. The molecular formula is C17H21N3O3. The summed E-state index contributed by atoms with van der Waals surface area (Å²) in [5, 5.41) is 2.75. The summed E-state index contributed by atoms with van der Waals surface area (Å²) in [4.78, 5) is 16.0. The summed E-state index contributed by atoms with van der Waals surface area (Å²) >= 11 is 0. The Morgan fingerprint density at radius 2 is 2.00 bits per heavy atom. The standard InChI is InChI=1S/C17H21N3O3/c1-12-3-6-14(7-4-12)23-17-8-5-13(11-19-17)20-16(21)9-15(10-18)22-2/h3-8,11,15H,9-10,18H2,1-2H3,(H,20,21). The van der Waals surface area contributed by atoms with E-state index >= 15 is 0 Å². The van der Waals surface area contributed by atoms with Crippen LogP contribution in [-0.4, -0.2) is 30.6 Å². The molecule has 0 aliphatic rings. The Balaban J connectivity index is 1.91. The number of nitrogens with one attached hydrogen (secondary N) is 1. The predicted molar refractivity (Wildman–Crippen MR) is 88.6 cm³/mol. The van der Waals surface area contributed by atoms with Gasteiger partial charge in [0, 0.05) is 19.7 Å². The third-order valence-electron chi connectivity index (χ3n) is 3.27. The SMILES string of the molecule is COC(CN)CC(=O)Nc1ccc(Oc2ccc(C)cc2)nc1. The average Bonchev–Trinajstić information content (AvgIpc) is 2.56. The Labute approximate surface area is 135 Å². The maximum atomic E-state index is 11.8. The number of pyridine rings is 1. The highest BCUT2D eigenvalue weighted by molar-refractivity contribution is 5.90. The molecule has 1 amide bonds. The van der Waals surface area contributed by atoms with E-state index in [2.05, 4.69) is 10.3 Å². The van der Waals surface area contributed by atoms with Crippen LogP contribution in [0.4, 0.5) is 5.69 Å². The van der Waals surface area contributed by atoms with Gasteiger partial charge in [0.25, 0.3) is 0 Å². The number of hydrogen-bond donors (Lipinski definition) is 2. The molecule has 1 unspecified atom stereocenters. The molecule has 0 saturated carbocycles. The molecule has 0 radical (unpaired) electrons. The highest BCUT2D eigenvalue weighted by Crippen LogP contribution is 2.20.